The highest BCUT2D eigenvalue weighted by Crippen LogP contribution is 2.56. The number of rotatable bonds is 4. The van der Waals surface area contributed by atoms with E-state index in [0.29, 0.717) is 0 Å². The van der Waals surface area contributed by atoms with Gasteiger partial charge >= 0.3 is 0 Å². The molecule has 0 aliphatic heterocycles. The maximum Gasteiger partial charge on any atom is -0.00855 e. The Morgan fingerprint density at radius 1 is 0.800 bits per heavy atom. The van der Waals surface area contributed by atoms with Gasteiger partial charge in [0.15, 0.2) is 0 Å². The van der Waals surface area contributed by atoms with Gasteiger partial charge in [0.2, 0.25) is 0 Å². The molecule has 0 N–H and O–H groups in total. The van der Waals surface area contributed by atoms with Crippen LogP contribution in [0.1, 0.15) is 83.1 Å². The summed E-state index contributed by atoms with van der Waals surface area (Å²) in [5.41, 5.74) is 6.60. The summed E-state index contributed by atoms with van der Waals surface area (Å²) in [6, 6.07) is 9.52. The molecule has 0 spiro atoms. The predicted octanol–water partition coefficient (Wildman–Crippen LogP) is 7.19. The van der Waals surface area contributed by atoms with E-state index >= 15 is 0 Å². The molecule has 0 radical (unpaired) electrons. The van der Waals surface area contributed by atoms with Crippen LogP contribution in [0.2, 0.25) is 0 Å². The minimum atomic E-state index is -0.00725. The molecule has 1 aromatic carbocycles. The van der Waals surface area contributed by atoms with E-state index in [1.165, 1.54) is 69.8 Å². The van der Waals surface area contributed by atoms with Crippen molar-refractivity contribution in [3.8, 4) is 0 Å². The lowest BCUT2D eigenvalue weighted by Crippen LogP contribution is -2.27. The molecular weight excluding hydrogens is 319 g/mol. The molecule has 0 heterocycles. The van der Waals surface area contributed by atoms with Crippen molar-refractivity contribution in [2.75, 3.05) is 0 Å². The molecule has 0 amide bonds. The lowest BCUT2D eigenvalue weighted by atomic mass is 9.99. The molecule has 0 nitrogen and oxygen atoms in total. The predicted molar refractivity (Wildman–Crippen MR) is 113 cm³/mol. The summed E-state index contributed by atoms with van der Waals surface area (Å²) in [5, 5.41) is 1.76. The third kappa shape index (κ3) is 3.95. The minimum absolute atomic E-state index is 0.00725. The third-order valence-corrected chi connectivity index (χ3v) is 10.1. The Bertz CT molecular complexity index is 624. The number of benzene rings is 1. The Morgan fingerprint density at radius 3 is 1.96 bits per heavy atom. The van der Waals surface area contributed by atoms with E-state index < -0.39 is 0 Å². The van der Waals surface area contributed by atoms with Crippen LogP contribution in [0.25, 0.3) is 5.57 Å². The van der Waals surface area contributed by atoms with Crippen LogP contribution in [-0.2, 0) is 0 Å². The fourth-order valence-corrected chi connectivity index (χ4v) is 9.21. The molecule has 134 valence electrons. The Morgan fingerprint density at radius 2 is 1.40 bits per heavy atom. The number of allylic oxidation sites excluding steroid dienone is 4. The summed E-state index contributed by atoms with van der Waals surface area (Å²) in [6.45, 7) is 2.25. The maximum absolute atomic E-state index is 2.51. The minimum Gasteiger partial charge on any atom is -0.0772 e. The molecule has 2 fully saturated rings. The first-order chi connectivity index (χ1) is 12.3. The van der Waals surface area contributed by atoms with Gasteiger partial charge in [-0.2, -0.15) is 0 Å². The van der Waals surface area contributed by atoms with E-state index in [1.54, 1.807) is 16.4 Å². The van der Waals surface area contributed by atoms with Gasteiger partial charge in [-0.1, -0.05) is 88.4 Å². The maximum atomic E-state index is 2.51. The third-order valence-electron chi connectivity index (χ3n) is 6.51. The van der Waals surface area contributed by atoms with Crippen LogP contribution in [-0.4, -0.2) is 11.3 Å². The fraction of sp³-hybridized carbons (Fsp3) is 0.583. The highest BCUT2D eigenvalue weighted by molar-refractivity contribution is 7.67. The average Bonchev–Trinajstić information content (AvgIpc) is 3.10. The van der Waals surface area contributed by atoms with Crippen molar-refractivity contribution in [2.24, 2.45) is 0 Å². The van der Waals surface area contributed by atoms with Crippen molar-refractivity contribution in [1.29, 1.82) is 0 Å². The van der Waals surface area contributed by atoms with Crippen molar-refractivity contribution >= 4 is 18.8 Å². The standard InChI is InChI=1S/C24H33P/c1-19-16-17-20(18-19)23-14-8-9-15-24(23)25(21-10-4-2-5-11-21)22-12-6-3-7-13-22/h8-9,14-16,18,21-22H,2-7,10-13,17H2,1H3. The van der Waals surface area contributed by atoms with Crippen LogP contribution in [0.3, 0.4) is 0 Å². The largest absolute Gasteiger partial charge is 0.0772 e. The quantitative estimate of drug-likeness (QED) is 0.503. The number of hydrogen-bond acceptors (Lipinski definition) is 0. The molecule has 4 rings (SSSR count). The van der Waals surface area contributed by atoms with Gasteiger partial charge < -0.3 is 0 Å². The van der Waals surface area contributed by atoms with Crippen molar-refractivity contribution in [3.63, 3.8) is 0 Å². The molecule has 1 heteroatoms. The lowest BCUT2D eigenvalue weighted by molar-refractivity contribution is 0.487. The molecule has 3 aliphatic carbocycles. The van der Waals surface area contributed by atoms with Crippen LogP contribution in [0, 0.1) is 0 Å². The SMILES string of the molecule is CC1=CCC(c2ccccc2P(C2CCCCC2)C2CCCCC2)=C1. The Balaban J connectivity index is 1.70. The second-order valence-electron chi connectivity index (χ2n) is 8.33. The van der Waals surface area contributed by atoms with Gasteiger partial charge in [0.05, 0.1) is 0 Å². The molecule has 25 heavy (non-hydrogen) atoms. The Labute approximate surface area is 155 Å². The van der Waals surface area contributed by atoms with Gasteiger partial charge in [-0.3, -0.25) is 0 Å². The first-order valence-corrected chi connectivity index (χ1v) is 12.1. The fourth-order valence-electron chi connectivity index (χ4n) is 5.23. The van der Waals surface area contributed by atoms with Gasteiger partial charge in [0, 0.05) is 0 Å². The topological polar surface area (TPSA) is 0 Å². The monoisotopic (exact) mass is 352 g/mol. The van der Waals surface area contributed by atoms with Crippen molar-refractivity contribution in [3.05, 3.63) is 47.6 Å². The summed E-state index contributed by atoms with van der Waals surface area (Å²) in [7, 11) is -0.00725. The molecule has 0 bridgehead atoms. The van der Waals surface area contributed by atoms with E-state index in [2.05, 4.69) is 43.3 Å². The van der Waals surface area contributed by atoms with Gasteiger partial charge in [0.1, 0.15) is 0 Å². The van der Waals surface area contributed by atoms with E-state index in [-0.39, 0.29) is 7.92 Å². The van der Waals surface area contributed by atoms with Gasteiger partial charge in [-0.25, -0.2) is 0 Å². The van der Waals surface area contributed by atoms with E-state index in [4.69, 9.17) is 0 Å². The molecule has 3 aliphatic rings. The highest BCUT2D eigenvalue weighted by atomic mass is 31.1. The lowest BCUT2D eigenvalue weighted by Gasteiger charge is -2.39. The zero-order chi connectivity index (χ0) is 17.1. The second kappa shape index (κ2) is 8.22. The first-order valence-electron chi connectivity index (χ1n) is 10.6. The summed E-state index contributed by atoms with van der Waals surface area (Å²) in [6.07, 6.45) is 20.8. The Hall–Kier alpha value is -0.870. The smallest absolute Gasteiger partial charge is 0.00855 e. The van der Waals surface area contributed by atoms with Crippen LogP contribution in [0.5, 0.6) is 0 Å². The van der Waals surface area contributed by atoms with Gasteiger partial charge in [-0.05, 0) is 66.8 Å². The number of hydrogen-bond donors (Lipinski definition) is 0. The van der Waals surface area contributed by atoms with Gasteiger partial charge in [-0.15, -0.1) is 0 Å². The molecular formula is C24H33P. The van der Waals surface area contributed by atoms with E-state index in [9.17, 15) is 0 Å². The van der Waals surface area contributed by atoms with E-state index in [0.717, 1.165) is 17.7 Å². The second-order valence-corrected chi connectivity index (χ2v) is 11.1. The van der Waals surface area contributed by atoms with Gasteiger partial charge in [0.25, 0.3) is 0 Å². The zero-order valence-electron chi connectivity index (χ0n) is 15.8. The van der Waals surface area contributed by atoms with Crippen LogP contribution < -0.4 is 5.30 Å². The summed E-state index contributed by atoms with van der Waals surface area (Å²) in [4.78, 5) is 0. The zero-order valence-corrected chi connectivity index (χ0v) is 16.7. The molecule has 0 atom stereocenters. The molecule has 0 aromatic heterocycles. The Kier molecular flexibility index (Phi) is 5.76. The van der Waals surface area contributed by atoms with Crippen LogP contribution in [0.4, 0.5) is 0 Å². The van der Waals surface area contributed by atoms with Crippen molar-refractivity contribution in [2.45, 2.75) is 88.9 Å². The average molecular weight is 353 g/mol. The normalized spacial score (nSPS) is 23.0. The first kappa shape index (κ1) is 17.5. The van der Waals surface area contributed by atoms with Crippen molar-refractivity contribution in [1.82, 2.24) is 0 Å². The van der Waals surface area contributed by atoms with E-state index in [1.807, 2.05) is 0 Å². The molecule has 0 saturated heterocycles. The van der Waals surface area contributed by atoms with Crippen LogP contribution in [0.15, 0.2) is 42.0 Å². The molecule has 2 saturated carbocycles. The van der Waals surface area contributed by atoms with Crippen molar-refractivity contribution < 1.29 is 0 Å². The highest BCUT2D eigenvalue weighted by Gasteiger charge is 2.33. The summed E-state index contributed by atoms with van der Waals surface area (Å²) < 4.78 is 0. The molecule has 1 aromatic rings. The molecule has 0 unspecified atom stereocenters. The van der Waals surface area contributed by atoms with Crippen LogP contribution >= 0.6 is 7.92 Å². The summed E-state index contributed by atoms with van der Waals surface area (Å²) >= 11 is 0. The summed E-state index contributed by atoms with van der Waals surface area (Å²) in [5.74, 6) is 0.